The van der Waals surface area contributed by atoms with E-state index in [0.29, 0.717) is 11.9 Å². The van der Waals surface area contributed by atoms with Crippen LogP contribution in [0.25, 0.3) is 11.1 Å². The van der Waals surface area contributed by atoms with E-state index in [1.807, 2.05) is 30.3 Å². The lowest BCUT2D eigenvalue weighted by molar-refractivity contribution is 0.867. The number of nitrogens with zero attached hydrogens (tertiary/aromatic N) is 1. The lowest BCUT2D eigenvalue weighted by Gasteiger charge is -2.22. The average molecular weight is 394 g/mol. The highest BCUT2D eigenvalue weighted by Crippen LogP contribution is 2.41. The molecule has 1 heterocycles. The van der Waals surface area contributed by atoms with Gasteiger partial charge in [0.15, 0.2) is 0 Å². The van der Waals surface area contributed by atoms with Gasteiger partial charge < -0.3 is 10.6 Å². The van der Waals surface area contributed by atoms with Crippen molar-refractivity contribution in [3.63, 3.8) is 0 Å². The van der Waals surface area contributed by atoms with Gasteiger partial charge in [-0.1, -0.05) is 67.9 Å². The van der Waals surface area contributed by atoms with E-state index < -0.39 is 0 Å². The smallest absolute Gasteiger partial charge is 0.212 e. The highest BCUT2D eigenvalue weighted by atomic mass is 35.5. The van der Waals surface area contributed by atoms with Crippen LogP contribution in [0.2, 0.25) is 5.02 Å². The van der Waals surface area contributed by atoms with Crippen molar-refractivity contribution in [2.75, 3.05) is 10.6 Å². The summed E-state index contributed by atoms with van der Waals surface area (Å²) in [4.78, 5) is 1.08. The van der Waals surface area contributed by atoms with Crippen molar-refractivity contribution in [3.8, 4) is 11.1 Å². The Hall–Kier alpha value is -2.43. The molecule has 0 radical (unpaired) electrons. The Morgan fingerprint density at radius 1 is 0.926 bits per heavy atom. The predicted octanol–water partition coefficient (Wildman–Crippen LogP) is 7.03. The minimum Gasteiger partial charge on any atom is -0.325 e. The number of hydrogen-bond donors (Lipinski definition) is 2. The van der Waals surface area contributed by atoms with E-state index >= 15 is 0 Å². The van der Waals surface area contributed by atoms with Crippen molar-refractivity contribution in [1.82, 2.24) is 0 Å². The average Bonchev–Trinajstić information content (AvgIpc) is 2.68. The summed E-state index contributed by atoms with van der Waals surface area (Å²) in [6.45, 7) is 4.39. The Morgan fingerprint density at radius 3 is 2.41 bits per heavy atom. The zero-order valence-electron chi connectivity index (χ0n) is 15.2. The molecule has 27 heavy (non-hydrogen) atoms. The number of rotatable bonds is 3. The molecule has 4 rings (SSSR count). The molecule has 0 saturated carbocycles. The topological polar surface area (TPSA) is 36.4 Å². The van der Waals surface area contributed by atoms with Crippen molar-refractivity contribution in [1.29, 1.82) is 0 Å². The van der Waals surface area contributed by atoms with E-state index in [4.69, 9.17) is 11.6 Å². The van der Waals surface area contributed by atoms with Crippen molar-refractivity contribution >= 4 is 40.9 Å². The molecule has 3 nitrogen and oxygen atoms in total. The van der Waals surface area contributed by atoms with Gasteiger partial charge in [-0.2, -0.15) is 4.40 Å². The first-order chi connectivity index (χ1) is 13.1. The molecule has 0 amide bonds. The van der Waals surface area contributed by atoms with Crippen LogP contribution in [0, 0.1) is 0 Å². The standard InChI is InChI=1S/C22H20ClN3S/c1-14(2)15-10-12-16(13-11-15)24-22-25-21-18(7-5-9-20(21)27-26-22)17-6-3-4-8-19(17)23/h3-14H,1-2H3,(H2,24,25,26). The summed E-state index contributed by atoms with van der Waals surface area (Å²) in [6.07, 6.45) is 0. The van der Waals surface area contributed by atoms with Crippen molar-refractivity contribution in [2.45, 2.75) is 24.7 Å². The van der Waals surface area contributed by atoms with Crippen LogP contribution in [0.1, 0.15) is 25.3 Å². The van der Waals surface area contributed by atoms with Gasteiger partial charge in [-0.25, -0.2) is 0 Å². The molecular formula is C22H20ClN3S. The maximum atomic E-state index is 6.43. The second-order valence-electron chi connectivity index (χ2n) is 6.72. The largest absolute Gasteiger partial charge is 0.325 e. The molecule has 0 spiro atoms. The molecule has 0 aromatic heterocycles. The van der Waals surface area contributed by atoms with Gasteiger partial charge in [0.1, 0.15) is 0 Å². The lowest BCUT2D eigenvalue weighted by Crippen LogP contribution is -2.24. The highest BCUT2D eigenvalue weighted by Gasteiger charge is 2.18. The zero-order valence-corrected chi connectivity index (χ0v) is 16.7. The second-order valence-corrected chi connectivity index (χ2v) is 7.93. The van der Waals surface area contributed by atoms with E-state index in [2.05, 4.69) is 65.3 Å². The molecule has 0 unspecified atom stereocenters. The van der Waals surface area contributed by atoms with Crippen LogP contribution in [0.3, 0.4) is 0 Å². The van der Waals surface area contributed by atoms with E-state index in [0.717, 1.165) is 32.4 Å². The summed E-state index contributed by atoms with van der Waals surface area (Å²) >= 11 is 7.89. The number of para-hydroxylation sites is 1. The lowest BCUT2D eigenvalue weighted by atomic mass is 10.0. The van der Waals surface area contributed by atoms with Gasteiger partial charge in [0.05, 0.1) is 10.6 Å². The molecule has 1 aliphatic rings. The van der Waals surface area contributed by atoms with E-state index in [1.165, 1.54) is 17.5 Å². The molecule has 1 aliphatic heterocycles. The Kier molecular flexibility index (Phi) is 5.10. The summed E-state index contributed by atoms with van der Waals surface area (Å²) in [7, 11) is 0. The fourth-order valence-corrected chi connectivity index (χ4v) is 3.93. The Morgan fingerprint density at radius 2 is 1.67 bits per heavy atom. The Bertz CT molecular complexity index is 997. The van der Waals surface area contributed by atoms with E-state index in [1.54, 1.807) is 0 Å². The van der Waals surface area contributed by atoms with Gasteiger partial charge in [-0.15, -0.1) is 0 Å². The number of anilines is 2. The molecule has 0 fully saturated rings. The van der Waals surface area contributed by atoms with Gasteiger partial charge in [-0.05, 0) is 35.7 Å². The Balaban J connectivity index is 1.60. The molecule has 0 saturated heterocycles. The molecule has 0 aliphatic carbocycles. The zero-order chi connectivity index (χ0) is 18.8. The number of halogens is 1. The summed E-state index contributed by atoms with van der Waals surface area (Å²) in [6, 6.07) is 22.5. The van der Waals surface area contributed by atoms with Crippen LogP contribution in [-0.2, 0) is 0 Å². The molecule has 3 aromatic rings. The summed E-state index contributed by atoms with van der Waals surface area (Å²) in [5.74, 6) is 1.23. The third-order valence-corrected chi connectivity index (χ3v) is 5.65. The van der Waals surface area contributed by atoms with Gasteiger partial charge in [-0.3, -0.25) is 0 Å². The summed E-state index contributed by atoms with van der Waals surface area (Å²) in [5, 5.41) is 7.54. The quantitative estimate of drug-likeness (QED) is 0.469. The number of guanidine groups is 1. The van der Waals surface area contributed by atoms with Crippen molar-refractivity contribution in [2.24, 2.45) is 4.40 Å². The molecule has 2 N–H and O–H groups in total. The highest BCUT2D eigenvalue weighted by molar-refractivity contribution is 7.98. The van der Waals surface area contributed by atoms with Gasteiger partial charge in [0.25, 0.3) is 0 Å². The summed E-state index contributed by atoms with van der Waals surface area (Å²) < 4.78 is 4.56. The fraction of sp³-hybridized carbons (Fsp3) is 0.136. The number of hydrogen-bond acceptors (Lipinski definition) is 4. The number of nitrogens with one attached hydrogen (secondary N) is 2. The van der Waals surface area contributed by atoms with Gasteiger partial charge >= 0.3 is 0 Å². The molecule has 3 aromatic carbocycles. The summed E-state index contributed by atoms with van der Waals surface area (Å²) in [5.41, 5.74) is 5.42. The minimum atomic E-state index is 0.518. The van der Waals surface area contributed by atoms with Crippen LogP contribution >= 0.6 is 23.5 Å². The monoisotopic (exact) mass is 393 g/mol. The first-order valence-corrected chi connectivity index (χ1v) is 10.0. The first kappa shape index (κ1) is 18.0. The number of benzene rings is 3. The van der Waals surface area contributed by atoms with Crippen LogP contribution in [-0.4, -0.2) is 5.96 Å². The first-order valence-electron chi connectivity index (χ1n) is 8.89. The SMILES string of the molecule is CC(C)c1ccc(NC2=NSc3cccc(-c4ccccc4Cl)c3N2)cc1. The Labute approximate surface area is 169 Å². The normalized spacial score (nSPS) is 13.0. The predicted molar refractivity (Wildman–Crippen MR) is 118 cm³/mol. The molecule has 0 bridgehead atoms. The van der Waals surface area contributed by atoms with E-state index in [9.17, 15) is 0 Å². The van der Waals surface area contributed by atoms with Crippen molar-refractivity contribution in [3.05, 3.63) is 77.3 Å². The third kappa shape index (κ3) is 3.82. The minimum absolute atomic E-state index is 0.518. The maximum Gasteiger partial charge on any atom is 0.212 e. The van der Waals surface area contributed by atoms with Crippen LogP contribution in [0.5, 0.6) is 0 Å². The van der Waals surface area contributed by atoms with Crippen LogP contribution < -0.4 is 10.6 Å². The number of fused-ring (bicyclic) bond motifs is 1. The fourth-order valence-electron chi connectivity index (χ4n) is 3.02. The third-order valence-electron chi connectivity index (χ3n) is 4.51. The van der Waals surface area contributed by atoms with E-state index in [-0.39, 0.29) is 0 Å². The maximum absolute atomic E-state index is 6.43. The van der Waals surface area contributed by atoms with Crippen LogP contribution in [0.4, 0.5) is 11.4 Å². The molecular weight excluding hydrogens is 374 g/mol. The van der Waals surface area contributed by atoms with Gasteiger partial charge in [0, 0.05) is 33.8 Å². The molecule has 5 heteroatoms. The second kappa shape index (κ2) is 7.67. The van der Waals surface area contributed by atoms with Crippen molar-refractivity contribution < 1.29 is 0 Å². The molecule has 136 valence electrons. The van der Waals surface area contributed by atoms with Crippen LogP contribution in [0.15, 0.2) is 76.0 Å². The van der Waals surface area contributed by atoms with Gasteiger partial charge in [0.2, 0.25) is 5.96 Å². The molecule has 0 atom stereocenters.